The van der Waals surface area contributed by atoms with E-state index in [1.807, 2.05) is 4.52 Å². The molecule has 4 rings (SSSR count). The maximum atomic E-state index is 11.6. The van der Waals surface area contributed by atoms with E-state index in [9.17, 15) is 4.79 Å². The number of carbonyl (C=O) groups excluding carboxylic acids is 1. The fraction of sp³-hybridized carbons (Fsp3) is 0.650. The van der Waals surface area contributed by atoms with Crippen LogP contribution >= 0.6 is 0 Å². The molecule has 0 saturated carbocycles. The predicted molar refractivity (Wildman–Crippen MR) is 106 cm³/mol. The van der Waals surface area contributed by atoms with E-state index < -0.39 is 0 Å². The van der Waals surface area contributed by atoms with Crippen molar-refractivity contribution in [3.8, 4) is 0 Å². The Labute approximate surface area is 160 Å². The van der Waals surface area contributed by atoms with Gasteiger partial charge in [-0.3, -0.25) is 9.69 Å². The number of piperidine rings is 1. The molecule has 0 atom stereocenters. The number of fused-ring (bicyclic) bond motifs is 1. The highest BCUT2D eigenvalue weighted by molar-refractivity contribution is 5.76. The Hall–Kier alpha value is -2.15. The number of rotatable bonds is 3. The SMILES string of the molecule is CCc1cc(N2CCC(N3CCNC(=O)CC3)CC2)n2nc(C)c(C)c2n1. The summed E-state index contributed by atoms with van der Waals surface area (Å²) in [5, 5.41) is 7.73. The van der Waals surface area contributed by atoms with Gasteiger partial charge in [0, 0.05) is 62.5 Å². The summed E-state index contributed by atoms with van der Waals surface area (Å²) in [6.45, 7) is 11.0. The van der Waals surface area contributed by atoms with E-state index in [-0.39, 0.29) is 5.91 Å². The minimum absolute atomic E-state index is 0.186. The molecule has 0 unspecified atom stereocenters. The smallest absolute Gasteiger partial charge is 0.221 e. The van der Waals surface area contributed by atoms with Gasteiger partial charge in [-0.05, 0) is 33.1 Å². The number of nitrogens with one attached hydrogen (secondary N) is 1. The number of anilines is 1. The van der Waals surface area contributed by atoms with Gasteiger partial charge < -0.3 is 10.2 Å². The van der Waals surface area contributed by atoms with E-state index in [1.165, 1.54) is 11.4 Å². The van der Waals surface area contributed by atoms with Crippen molar-refractivity contribution in [3.63, 3.8) is 0 Å². The molecule has 0 radical (unpaired) electrons. The molecule has 1 amide bonds. The standard InChI is InChI=1S/C20H30N6O/c1-4-16-13-19(26-20(22-16)14(2)15(3)23-26)25-9-5-17(6-10-25)24-11-7-18(27)21-8-12-24/h13,17H,4-12H2,1-3H3,(H,21,27). The topological polar surface area (TPSA) is 65.8 Å². The minimum atomic E-state index is 0.186. The molecule has 146 valence electrons. The van der Waals surface area contributed by atoms with Gasteiger partial charge in [0.1, 0.15) is 5.82 Å². The molecule has 7 heteroatoms. The van der Waals surface area contributed by atoms with Crippen molar-refractivity contribution in [1.82, 2.24) is 24.8 Å². The second-order valence-electron chi connectivity index (χ2n) is 7.76. The molecular weight excluding hydrogens is 340 g/mol. The Morgan fingerprint density at radius 1 is 1.19 bits per heavy atom. The third-order valence-electron chi connectivity index (χ3n) is 6.11. The molecule has 4 heterocycles. The Kier molecular flexibility index (Phi) is 5.04. The monoisotopic (exact) mass is 370 g/mol. The molecule has 2 fully saturated rings. The summed E-state index contributed by atoms with van der Waals surface area (Å²) in [5.74, 6) is 1.35. The number of hydrogen-bond donors (Lipinski definition) is 1. The first-order chi connectivity index (χ1) is 13.1. The molecule has 2 aromatic rings. The maximum Gasteiger partial charge on any atom is 0.221 e. The van der Waals surface area contributed by atoms with Gasteiger partial charge in [0.05, 0.1) is 5.69 Å². The molecule has 0 bridgehead atoms. The van der Waals surface area contributed by atoms with Gasteiger partial charge >= 0.3 is 0 Å². The zero-order valence-electron chi connectivity index (χ0n) is 16.7. The molecule has 0 spiro atoms. The summed E-state index contributed by atoms with van der Waals surface area (Å²) < 4.78 is 2.03. The van der Waals surface area contributed by atoms with Crippen LogP contribution in [0.5, 0.6) is 0 Å². The summed E-state index contributed by atoms with van der Waals surface area (Å²) in [4.78, 5) is 21.4. The van der Waals surface area contributed by atoms with E-state index in [1.54, 1.807) is 0 Å². The van der Waals surface area contributed by atoms with Gasteiger partial charge in [0.2, 0.25) is 5.91 Å². The molecule has 7 nitrogen and oxygen atoms in total. The van der Waals surface area contributed by atoms with Crippen LogP contribution < -0.4 is 10.2 Å². The summed E-state index contributed by atoms with van der Waals surface area (Å²) in [6.07, 6.45) is 3.80. The first-order valence-electron chi connectivity index (χ1n) is 10.2. The van der Waals surface area contributed by atoms with Gasteiger partial charge in [0.15, 0.2) is 5.65 Å². The number of nitrogens with zero attached hydrogens (tertiary/aromatic N) is 5. The Bertz CT molecular complexity index is 837. The summed E-state index contributed by atoms with van der Waals surface area (Å²) in [7, 11) is 0. The lowest BCUT2D eigenvalue weighted by Crippen LogP contribution is -2.46. The molecule has 2 aliphatic heterocycles. The lowest BCUT2D eigenvalue weighted by molar-refractivity contribution is -0.120. The fourth-order valence-electron chi connectivity index (χ4n) is 4.28. The molecular formula is C20H30N6O. The molecule has 1 N–H and O–H groups in total. The zero-order valence-corrected chi connectivity index (χ0v) is 16.7. The molecule has 27 heavy (non-hydrogen) atoms. The van der Waals surface area contributed by atoms with Crippen LogP contribution in [-0.2, 0) is 11.2 Å². The van der Waals surface area contributed by atoms with Crippen LogP contribution in [0.4, 0.5) is 5.82 Å². The Morgan fingerprint density at radius 2 is 1.96 bits per heavy atom. The molecule has 0 aliphatic carbocycles. The van der Waals surface area contributed by atoms with E-state index >= 15 is 0 Å². The Morgan fingerprint density at radius 3 is 2.70 bits per heavy atom. The van der Waals surface area contributed by atoms with E-state index in [0.29, 0.717) is 12.5 Å². The summed E-state index contributed by atoms with van der Waals surface area (Å²) >= 11 is 0. The maximum absolute atomic E-state index is 11.6. The van der Waals surface area contributed by atoms with Crippen molar-refractivity contribution in [2.75, 3.05) is 37.6 Å². The van der Waals surface area contributed by atoms with Crippen molar-refractivity contribution in [2.45, 2.75) is 52.5 Å². The van der Waals surface area contributed by atoms with Gasteiger partial charge in [-0.1, -0.05) is 6.92 Å². The van der Waals surface area contributed by atoms with Gasteiger partial charge in [-0.2, -0.15) is 9.61 Å². The normalized spacial score (nSPS) is 20.1. The van der Waals surface area contributed by atoms with Crippen molar-refractivity contribution >= 4 is 17.4 Å². The summed E-state index contributed by atoms with van der Waals surface area (Å²) in [6, 6.07) is 2.77. The first kappa shape index (κ1) is 18.2. The predicted octanol–water partition coefficient (Wildman–Crippen LogP) is 1.70. The number of carbonyl (C=O) groups is 1. The van der Waals surface area contributed by atoms with Crippen LogP contribution in [0.3, 0.4) is 0 Å². The third kappa shape index (κ3) is 3.52. The molecule has 2 aliphatic rings. The number of amides is 1. The highest BCUT2D eigenvalue weighted by Gasteiger charge is 2.27. The average molecular weight is 371 g/mol. The highest BCUT2D eigenvalue weighted by Crippen LogP contribution is 2.26. The van der Waals surface area contributed by atoms with E-state index in [0.717, 1.165) is 69.0 Å². The number of aryl methyl sites for hydroxylation is 3. The summed E-state index contributed by atoms with van der Waals surface area (Å²) in [5.41, 5.74) is 4.33. The molecule has 2 saturated heterocycles. The van der Waals surface area contributed by atoms with Crippen LogP contribution in [0.1, 0.15) is 43.1 Å². The van der Waals surface area contributed by atoms with Gasteiger partial charge in [-0.25, -0.2) is 4.98 Å². The first-order valence-corrected chi connectivity index (χ1v) is 10.2. The van der Waals surface area contributed by atoms with Crippen molar-refractivity contribution in [1.29, 1.82) is 0 Å². The lowest BCUT2D eigenvalue weighted by Gasteiger charge is -2.38. The van der Waals surface area contributed by atoms with Crippen LogP contribution in [0.25, 0.3) is 5.65 Å². The van der Waals surface area contributed by atoms with Crippen LogP contribution in [0.2, 0.25) is 0 Å². The number of hydrogen-bond acceptors (Lipinski definition) is 5. The van der Waals surface area contributed by atoms with Crippen molar-refractivity contribution < 1.29 is 4.79 Å². The van der Waals surface area contributed by atoms with Crippen LogP contribution in [0.15, 0.2) is 6.07 Å². The quantitative estimate of drug-likeness (QED) is 0.891. The molecule has 0 aromatic carbocycles. The fourth-order valence-corrected chi connectivity index (χ4v) is 4.28. The van der Waals surface area contributed by atoms with Crippen LogP contribution in [-0.4, -0.2) is 64.2 Å². The largest absolute Gasteiger partial charge is 0.356 e. The lowest BCUT2D eigenvalue weighted by atomic mass is 10.0. The number of aromatic nitrogens is 3. The van der Waals surface area contributed by atoms with Crippen molar-refractivity contribution in [3.05, 3.63) is 23.0 Å². The van der Waals surface area contributed by atoms with Crippen molar-refractivity contribution in [2.24, 2.45) is 0 Å². The molecule has 2 aromatic heterocycles. The highest BCUT2D eigenvalue weighted by atomic mass is 16.1. The van der Waals surface area contributed by atoms with Gasteiger partial charge in [0.25, 0.3) is 0 Å². The zero-order chi connectivity index (χ0) is 19.0. The van der Waals surface area contributed by atoms with E-state index in [2.05, 4.69) is 42.0 Å². The average Bonchev–Trinajstić information content (AvgIpc) is 2.84. The van der Waals surface area contributed by atoms with E-state index in [4.69, 9.17) is 10.1 Å². The second kappa shape index (κ2) is 7.46. The third-order valence-corrected chi connectivity index (χ3v) is 6.11. The van der Waals surface area contributed by atoms with Crippen LogP contribution in [0, 0.1) is 13.8 Å². The second-order valence-corrected chi connectivity index (χ2v) is 7.76. The Balaban J connectivity index is 1.52. The minimum Gasteiger partial charge on any atom is -0.356 e. The van der Waals surface area contributed by atoms with Gasteiger partial charge in [-0.15, -0.1) is 0 Å².